The molecule has 7 nitrogen and oxygen atoms in total. The van der Waals surface area contributed by atoms with E-state index >= 15 is 0 Å². The van der Waals surface area contributed by atoms with Crippen molar-refractivity contribution in [2.75, 3.05) is 5.32 Å². The Morgan fingerprint density at radius 1 is 1.40 bits per heavy atom. The number of anilines is 1. The average molecular weight is 362 g/mol. The van der Waals surface area contributed by atoms with Crippen molar-refractivity contribution in [3.8, 4) is 11.8 Å². The monoisotopic (exact) mass is 362 g/mol. The Kier molecular flexibility index (Phi) is 7.37. The fourth-order valence-corrected chi connectivity index (χ4v) is 1.83. The van der Waals surface area contributed by atoms with Crippen LogP contribution in [0, 0.1) is 17.1 Å². The molecule has 2 amide bonds. The number of urea groups is 1. The lowest BCUT2D eigenvalue weighted by Gasteiger charge is -2.04. The summed E-state index contributed by atoms with van der Waals surface area (Å²) in [6.45, 7) is 1.67. The summed E-state index contributed by atoms with van der Waals surface area (Å²) in [4.78, 5) is 25.1. The molecule has 0 aliphatic carbocycles. The molecule has 0 radical (unpaired) electrons. The molecule has 0 spiro atoms. The van der Waals surface area contributed by atoms with Gasteiger partial charge in [-0.2, -0.15) is 5.26 Å². The van der Waals surface area contributed by atoms with E-state index in [1.807, 2.05) is 6.07 Å². The number of rotatable bonds is 3. The number of nitrogens with two attached hydrogens (primary N) is 1. The number of nitrogens with zero attached hydrogens (tertiary/aromatic N) is 2. The van der Waals surface area contributed by atoms with Crippen LogP contribution in [0.15, 0.2) is 35.4 Å². The highest BCUT2D eigenvalue weighted by atomic mass is 32.1. The number of nitriles is 1. The lowest BCUT2D eigenvalue weighted by atomic mass is 10.1. The maximum atomic E-state index is 12.8. The van der Waals surface area contributed by atoms with Crippen molar-refractivity contribution in [1.82, 2.24) is 4.98 Å². The van der Waals surface area contributed by atoms with Crippen molar-refractivity contribution in [3.63, 3.8) is 0 Å². The highest BCUT2D eigenvalue weighted by Crippen LogP contribution is 2.29. The van der Waals surface area contributed by atoms with Gasteiger partial charge in [0.1, 0.15) is 23.5 Å². The molecule has 1 heterocycles. The van der Waals surface area contributed by atoms with Crippen LogP contribution in [0.4, 0.5) is 15.0 Å². The van der Waals surface area contributed by atoms with Crippen molar-refractivity contribution in [2.24, 2.45) is 5.73 Å². The van der Waals surface area contributed by atoms with E-state index in [0.717, 1.165) is 6.07 Å². The first-order valence-electron chi connectivity index (χ1n) is 6.96. The molecule has 0 saturated heterocycles. The molecule has 0 unspecified atom stereocenters. The number of pyridine rings is 1. The maximum Gasteiger partial charge on any atom is 0.317 e. The van der Waals surface area contributed by atoms with E-state index in [1.54, 1.807) is 6.92 Å². The number of halogens is 1. The van der Waals surface area contributed by atoms with Gasteiger partial charge in [-0.25, -0.2) is 14.2 Å². The van der Waals surface area contributed by atoms with Gasteiger partial charge in [0, 0.05) is 12.6 Å². The van der Waals surface area contributed by atoms with E-state index in [4.69, 9.17) is 11.0 Å². The summed E-state index contributed by atoms with van der Waals surface area (Å²) in [6.07, 6.45) is 1.62. The minimum absolute atomic E-state index is 0.119. The third-order valence-electron chi connectivity index (χ3n) is 2.87. The van der Waals surface area contributed by atoms with Crippen LogP contribution in [0.25, 0.3) is 0 Å². The molecule has 2 aromatic rings. The molecule has 9 heteroatoms. The molecule has 0 saturated carbocycles. The number of carbonyl (C=O) groups excluding carboxylic acids is 2. The third kappa shape index (κ3) is 5.78. The topological polar surface area (TPSA) is 129 Å². The number of hydrogen-bond acceptors (Lipinski definition) is 6. The Labute approximate surface area is 148 Å². The van der Waals surface area contributed by atoms with Gasteiger partial charge in [0.15, 0.2) is 5.78 Å². The van der Waals surface area contributed by atoms with Gasteiger partial charge < -0.3 is 10.8 Å². The Balaban J connectivity index is 0.000000251. The average Bonchev–Trinajstić information content (AvgIpc) is 2.60. The molecular weight excluding hydrogens is 347 g/mol. The van der Waals surface area contributed by atoms with Crippen molar-refractivity contribution >= 4 is 30.3 Å². The predicted molar refractivity (Wildman–Crippen MR) is 92.1 cm³/mol. The van der Waals surface area contributed by atoms with E-state index in [-0.39, 0.29) is 28.4 Å². The van der Waals surface area contributed by atoms with Crippen LogP contribution in [-0.4, -0.2) is 21.9 Å². The van der Waals surface area contributed by atoms with Gasteiger partial charge in [-0.05, 0) is 24.3 Å². The molecule has 0 aliphatic rings. The zero-order chi connectivity index (χ0) is 19.0. The molecule has 0 aliphatic heterocycles. The fourth-order valence-electron chi connectivity index (χ4n) is 1.63. The summed E-state index contributed by atoms with van der Waals surface area (Å²) >= 11 is 3.74. The number of nitrogens with one attached hydrogen (secondary N) is 1. The second-order valence-corrected chi connectivity index (χ2v) is 5.05. The number of primary amides is 1. The van der Waals surface area contributed by atoms with Gasteiger partial charge in [0.25, 0.3) is 0 Å². The zero-order valence-corrected chi connectivity index (χ0v) is 14.0. The molecule has 130 valence electrons. The normalized spacial score (nSPS) is 9.36. The molecule has 0 bridgehead atoms. The highest BCUT2D eigenvalue weighted by molar-refractivity contribution is 7.80. The number of Topliss-reactive ketones (excluding diaryl/α,β-unsaturated/α-hetero) is 1. The van der Waals surface area contributed by atoms with Crippen LogP contribution in [0.1, 0.15) is 29.3 Å². The quantitative estimate of drug-likeness (QED) is 0.493. The summed E-state index contributed by atoms with van der Waals surface area (Å²) in [7, 11) is 0. The van der Waals surface area contributed by atoms with Crippen molar-refractivity contribution in [3.05, 3.63) is 47.4 Å². The van der Waals surface area contributed by atoms with Gasteiger partial charge in [0.2, 0.25) is 0 Å². The Morgan fingerprint density at radius 2 is 2.08 bits per heavy atom. The van der Waals surface area contributed by atoms with E-state index in [9.17, 15) is 19.1 Å². The summed E-state index contributed by atoms with van der Waals surface area (Å²) in [6, 6.07) is 6.65. The molecule has 0 atom stereocenters. The van der Waals surface area contributed by atoms with Crippen LogP contribution < -0.4 is 11.1 Å². The number of aromatic hydroxyl groups is 1. The number of amides is 2. The van der Waals surface area contributed by atoms with Crippen molar-refractivity contribution < 1.29 is 19.1 Å². The lowest BCUT2D eigenvalue weighted by molar-refractivity contribution is 0.0985. The summed E-state index contributed by atoms with van der Waals surface area (Å²) < 4.78 is 12.8. The Morgan fingerprint density at radius 3 is 2.56 bits per heavy atom. The van der Waals surface area contributed by atoms with E-state index in [2.05, 4.69) is 22.9 Å². The van der Waals surface area contributed by atoms with Crippen LogP contribution >= 0.6 is 12.6 Å². The number of phenols is 1. The number of aromatic nitrogens is 1. The molecule has 1 aromatic heterocycles. The fraction of sp³-hybridized carbons (Fsp3) is 0.125. The molecular formula is C16H15FN4O3S. The standard InChI is InChI=1S/C9H9FO2S.C7H6N4O/c1-2-7(11)5-3-4-6(10)9(13)8(5)12;8-3-5-1-2-6(10-4-5)11-7(9)12/h3-4,12-13H,2H2,1H3;1-2,4H,(H3,9,10,11,12). The second kappa shape index (κ2) is 9.24. The van der Waals surface area contributed by atoms with Gasteiger partial charge in [0.05, 0.1) is 16.0 Å². The number of benzene rings is 1. The SMILES string of the molecule is CCC(=O)c1ccc(F)c(S)c1O.N#Cc1ccc(NC(N)=O)nc1. The minimum atomic E-state index is -0.674. The molecule has 4 N–H and O–H groups in total. The summed E-state index contributed by atoms with van der Waals surface area (Å²) in [5, 5.41) is 20.0. The molecule has 0 fully saturated rings. The zero-order valence-electron chi connectivity index (χ0n) is 13.2. The summed E-state index contributed by atoms with van der Waals surface area (Å²) in [5.74, 6) is -0.905. The number of thiol groups is 1. The first kappa shape index (κ1) is 19.9. The first-order chi connectivity index (χ1) is 11.8. The molecule has 25 heavy (non-hydrogen) atoms. The Bertz CT molecular complexity index is 819. The molecule has 1 aromatic carbocycles. The highest BCUT2D eigenvalue weighted by Gasteiger charge is 2.13. The van der Waals surface area contributed by atoms with Gasteiger partial charge in [-0.1, -0.05) is 6.92 Å². The smallest absolute Gasteiger partial charge is 0.317 e. The van der Waals surface area contributed by atoms with Gasteiger partial charge >= 0.3 is 6.03 Å². The van der Waals surface area contributed by atoms with Crippen LogP contribution in [-0.2, 0) is 0 Å². The first-order valence-corrected chi connectivity index (χ1v) is 7.41. The van der Waals surface area contributed by atoms with E-state index in [1.165, 1.54) is 24.4 Å². The summed E-state index contributed by atoms with van der Waals surface area (Å²) in [5.41, 5.74) is 5.39. The number of ketones is 1. The largest absolute Gasteiger partial charge is 0.506 e. The predicted octanol–water partition coefficient (Wildman–Crippen LogP) is 2.86. The number of phenolic OH excluding ortho intramolecular Hbond substituents is 1. The van der Waals surface area contributed by atoms with Crippen molar-refractivity contribution in [1.29, 1.82) is 5.26 Å². The van der Waals surface area contributed by atoms with Crippen LogP contribution in [0.5, 0.6) is 5.75 Å². The minimum Gasteiger partial charge on any atom is -0.506 e. The number of hydrogen-bond donors (Lipinski definition) is 4. The van der Waals surface area contributed by atoms with E-state index < -0.39 is 11.8 Å². The molecule has 2 rings (SSSR count). The number of carbonyl (C=O) groups is 2. The van der Waals surface area contributed by atoms with E-state index in [0.29, 0.717) is 11.4 Å². The van der Waals surface area contributed by atoms with Crippen LogP contribution in [0.2, 0.25) is 0 Å². The van der Waals surface area contributed by atoms with Crippen molar-refractivity contribution in [2.45, 2.75) is 18.2 Å². The second-order valence-electron chi connectivity index (χ2n) is 4.60. The van der Waals surface area contributed by atoms with Crippen LogP contribution in [0.3, 0.4) is 0 Å². The Hall–Kier alpha value is -3.12. The van der Waals surface area contributed by atoms with Gasteiger partial charge in [-0.3, -0.25) is 10.1 Å². The lowest BCUT2D eigenvalue weighted by Crippen LogP contribution is -2.19. The third-order valence-corrected chi connectivity index (χ3v) is 3.29. The maximum absolute atomic E-state index is 12.8. The van der Waals surface area contributed by atoms with Gasteiger partial charge in [-0.15, -0.1) is 12.6 Å².